The van der Waals surface area contributed by atoms with Crippen molar-refractivity contribution in [3.63, 3.8) is 0 Å². The Bertz CT molecular complexity index is 305. The average Bonchev–Trinajstić information content (AvgIpc) is 2.47. The number of nitrogens with zero attached hydrogens (tertiary/aromatic N) is 1. The second-order valence-electron chi connectivity index (χ2n) is 3.80. The van der Waals surface area contributed by atoms with Crippen LogP contribution in [0.4, 0.5) is 0 Å². The molecule has 0 aliphatic carbocycles. The van der Waals surface area contributed by atoms with Crippen LogP contribution in [-0.2, 0) is 11.3 Å². The summed E-state index contributed by atoms with van der Waals surface area (Å²) in [6.07, 6.45) is 0.552. The van der Waals surface area contributed by atoms with E-state index in [1.807, 2.05) is 26.8 Å². The van der Waals surface area contributed by atoms with E-state index >= 15 is 0 Å². The molecule has 1 aromatic heterocycles. The lowest BCUT2D eigenvalue weighted by Gasteiger charge is -2.04. The molecular weight excluding hydrogens is 180 g/mol. The zero-order valence-corrected chi connectivity index (χ0v) is 8.83. The minimum atomic E-state index is 0.0562. The highest BCUT2D eigenvalue weighted by Crippen LogP contribution is 2.02. The minimum absolute atomic E-state index is 0.0562. The smallest absolute Gasteiger partial charge is 0.220 e. The van der Waals surface area contributed by atoms with E-state index in [0.29, 0.717) is 18.9 Å². The topological polar surface area (TPSA) is 55.1 Å². The zero-order chi connectivity index (χ0) is 10.6. The van der Waals surface area contributed by atoms with Gasteiger partial charge in [0.25, 0.3) is 0 Å². The van der Waals surface area contributed by atoms with Crippen molar-refractivity contribution in [2.75, 3.05) is 0 Å². The fraction of sp³-hybridized carbons (Fsp3) is 0.600. The SMILES string of the molecule is Cc1cc(CNC(=O)CC(C)C)no1. The maximum absolute atomic E-state index is 11.3. The molecule has 1 rings (SSSR count). The second kappa shape index (κ2) is 4.79. The first kappa shape index (κ1) is 10.8. The largest absolute Gasteiger partial charge is 0.361 e. The first-order chi connectivity index (χ1) is 6.58. The van der Waals surface area contributed by atoms with Gasteiger partial charge in [0.05, 0.1) is 6.54 Å². The maximum Gasteiger partial charge on any atom is 0.220 e. The Kier molecular flexibility index (Phi) is 3.68. The molecule has 1 aromatic rings. The predicted octanol–water partition coefficient (Wildman–Crippen LogP) is 1.65. The highest BCUT2D eigenvalue weighted by molar-refractivity contribution is 5.75. The van der Waals surface area contributed by atoms with Crippen LogP contribution in [0.1, 0.15) is 31.7 Å². The van der Waals surface area contributed by atoms with Crippen LogP contribution in [-0.4, -0.2) is 11.1 Å². The molecule has 0 unspecified atom stereocenters. The summed E-state index contributed by atoms with van der Waals surface area (Å²) >= 11 is 0. The molecule has 0 aliphatic rings. The van der Waals surface area contributed by atoms with Gasteiger partial charge in [-0.05, 0) is 12.8 Å². The summed E-state index contributed by atoms with van der Waals surface area (Å²) in [4.78, 5) is 11.3. The summed E-state index contributed by atoms with van der Waals surface area (Å²) in [7, 11) is 0. The van der Waals surface area contributed by atoms with Gasteiger partial charge in [-0.3, -0.25) is 4.79 Å². The molecule has 0 aromatic carbocycles. The lowest BCUT2D eigenvalue weighted by Crippen LogP contribution is -2.23. The summed E-state index contributed by atoms with van der Waals surface area (Å²) in [6.45, 7) is 6.30. The van der Waals surface area contributed by atoms with Crippen LogP contribution >= 0.6 is 0 Å². The molecule has 0 aliphatic heterocycles. The van der Waals surface area contributed by atoms with Gasteiger partial charge in [-0.15, -0.1) is 0 Å². The number of aromatic nitrogens is 1. The van der Waals surface area contributed by atoms with Crippen LogP contribution in [0.5, 0.6) is 0 Å². The molecule has 0 fully saturated rings. The first-order valence-corrected chi connectivity index (χ1v) is 4.77. The van der Waals surface area contributed by atoms with Crippen LogP contribution in [0.3, 0.4) is 0 Å². The fourth-order valence-corrected chi connectivity index (χ4v) is 1.13. The van der Waals surface area contributed by atoms with Crippen molar-refractivity contribution in [3.8, 4) is 0 Å². The minimum Gasteiger partial charge on any atom is -0.361 e. The molecule has 0 bridgehead atoms. The number of hydrogen-bond acceptors (Lipinski definition) is 3. The Labute approximate surface area is 83.7 Å². The first-order valence-electron chi connectivity index (χ1n) is 4.77. The van der Waals surface area contributed by atoms with E-state index in [0.717, 1.165) is 11.5 Å². The van der Waals surface area contributed by atoms with Crippen LogP contribution < -0.4 is 5.32 Å². The molecule has 0 spiro atoms. The Hall–Kier alpha value is -1.32. The highest BCUT2D eigenvalue weighted by Gasteiger charge is 2.05. The van der Waals surface area contributed by atoms with E-state index in [9.17, 15) is 4.79 Å². The summed E-state index contributed by atoms with van der Waals surface area (Å²) in [5.74, 6) is 1.20. The molecule has 0 atom stereocenters. The van der Waals surface area contributed by atoms with E-state index < -0.39 is 0 Å². The van der Waals surface area contributed by atoms with Crippen LogP contribution in [0.2, 0.25) is 0 Å². The lowest BCUT2D eigenvalue weighted by atomic mass is 10.1. The summed E-state index contributed by atoms with van der Waals surface area (Å²) < 4.78 is 4.88. The molecule has 0 radical (unpaired) electrons. The number of carbonyl (C=O) groups is 1. The molecule has 0 saturated heterocycles. The van der Waals surface area contributed by atoms with Gasteiger partial charge in [0.15, 0.2) is 0 Å². The molecule has 78 valence electrons. The van der Waals surface area contributed by atoms with Gasteiger partial charge in [0, 0.05) is 12.5 Å². The zero-order valence-electron chi connectivity index (χ0n) is 8.83. The third kappa shape index (κ3) is 3.60. The average molecular weight is 196 g/mol. The van der Waals surface area contributed by atoms with Crippen molar-refractivity contribution in [3.05, 3.63) is 17.5 Å². The molecule has 4 nitrogen and oxygen atoms in total. The molecule has 1 amide bonds. The molecule has 0 saturated carbocycles. The standard InChI is InChI=1S/C10H16N2O2/c1-7(2)4-10(13)11-6-9-5-8(3)14-12-9/h5,7H,4,6H2,1-3H3,(H,11,13). The lowest BCUT2D eigenvalue weighted by molar-refractivity contribution is -0.121. The van der Waals surface area contributed by atoms with Crippen molar-refractivity contribution in [2.45, 2.75) is 33.7 Å². The van der Waals surface area contributed by atoms with Gasteiger partial charge < -0.3 is 9.84 Å². The fourth-order valence-electron chi connectivity index (χ4n) is 1.13. The van der Waals surface area contributed by atoms with Gasteiger partial charge in [-0.1, -0.05) is 19.0 Å². The Balaban J connectivity index is 2.30. The van der Waals surface area contributed by atoms with Crippen molar-refractivity contribution in [2.24, 2.45) is 5.92 Å². The highest BCUT2D eigenvalue weighted by atomic mass is 16.5. The van der Waals surface area contributed by atoms with Crippen molar-refractivity contribution >= 4 is 5.91 Å². The number of hydrogen-bond donors (Lipinski definition) is 1. The van der Waals surface area contributed by atoms with E-state index in [1.165, 1.54) is 0 Å². The number of aryl methyl sites for hydroxylation is 1. The Morgan fingerprint density at radius 2 is 2.36 bits per heavy atom. The van der Waals surface area contributed by atoms with Gasteiger partial charge in [-0.25, -0.2) is 0 Å². The van der Waals surface area contributed by atoms with Gasteiger partial charge in [0.2, 0.25) is 5.91 Å². The van der Waals surface area contributed by atoms with Crippen molar-refractivity contribution in [1.29, 1.82) is 0 Å². The van der Waals surface area contributed by atoms with E-state index in [4.69, 9.17) is 4.52 Å². The molecule has 1 heterocycles. The number of carbonyl (C=O) groups excluding carboxylic acids is 1. The van der Waals surface area contributed by atoms with E-state index in [-0.39, 0.29) is 5.91 Å². The third-order valence-electron chi connectivity index (χ3n) is 1.74. The van der Waals surface area contributed by atoms with Crippen molar-refractivity contribution in [1.82, 2.24) is 10.5 Å². The van der Waals surface area contributed by atoms with Gasteiger partial charge in [0.1, 0.15) is 11.5 Å². The van der Waals surface area contributed by atoms with Crippen LogP contribution in [0.15, 0.2) is 10.6 Å². The second-order valence-corrected chi connectivity index (χ2v) is 3.80. The van der Waals surface area contributed by atoms with E-state index in [1.54, 1.807) is 0 Å². The molecule has 1 N–H and O–H groups in total. The molecule has 14 heavy (non-hydrogen) atoms. The normalized spacial score (nSPS) is 10.6. The van der Waals surface area contributed by atoms with Crippen LogP contribution in [0, 0.1) is 12.8 Å². The Morgan fingerprint density at radius 3 is 2.86 bits per heavy atom. The van der Waals surface area contributed by atoms with Gasteiger partial charge in [-0.2, -0.15) is 0 Å². The van der Waals surface area contributed by atoms with Crippen molar-refractivity contribution < 1.29 is 9.32 Å². The number of nitrogens with one attached hydrogen (secondary N) is 1. The maximum atomic E-state index is 11.3. The monoisotopic (exact) mass is 196 g/mol. The summed E-state index contributed by atoms with van der Waals surface area (Å²) in [5.41, 5.74) is 0.764. The summed E-state index contributed by atoms with van der Waals surface area (Å²) in [5, 5.41) is 6.56. The molecule has 4 heteroatoms. The number of amides is 1. The predicted molar refractivity (Wildman–Crippen MR) is 52.5 cm³/mol. The quantitative estimate of drug-likeness (QED) is 0.796. The van der Waals surface area contributed by atoms with Gasteiger partial charge >= 0.3 is 0 Å². The third-order valence-corrected chi connectivity index (χ3v) is 1.74. The van der Waals surface area contributed by atoms with E-state index in [2.05, 4.69) is 10.5 Å². The molecular formula is C10H16N2O2. The number of rotatable bonds is 4. The Morgan fingerprint density at radius 1 is 1.64 bits per heavy atom. The van der Waals surface area contributed by atoms with Crippen LogP contribution in [0.25, 0.3) is 0 Å². The summed E-state index contributed by atoms with van der Waals surface area (Å²) in [6, 6.07) is 1.82.